The highest BCUT2D eigenvalue weighted by Gasteiger charge is 2.27. The van der Waals surface area contributed by atoms with Crippen LogP contribution in [0.5, 0.6) is 0 Å². The van der Waals surface area contributed by atoms with Crippen LogP contribution in [0.3, 0.4) is 0 Å². The first kappa shape index (κ1) is 16.2. The summed E-state index contributed by atoms with van der Waals surface area (Å²) < 4.78 is 39.8. The number of amides is 1. The van der Waals surface area contributed by atoms with Crippen LogP contribution in [0.25, 0.3) is 0 Å². The standard InChI is InChI=1S/C12H21F3N2O2/c1-10(11(18)17-6-2-3-7-17)16-5-4-8-19-9-12(13,14)15/h10,16H,2-9H2,1H3. The Hall–Kier alpha value is -0.820. The first-order chi connectivity index (χ1) is 8.90. The summed E-state index contributed by atoms with van der Waals surface area (Å²) in [5.74, 6) is 0.0636. The molecule has 4 nitrogen and oxygen atoms in total. The average molecular weight is 282 g/mol. The second kappa shape index (κ2) is 7.69. The zero-order valence-electron chi connectivity index (χ0n) is 11.1. The highest BCUT2D eigenvalue weighted by Crippen LogP contribution is 2.14. The van der Waals surface area contributed by atoms with E-state index in [1.807, 2.05) is 4.90 Å². The van der Waals surface area contributed by atoms with E-state index in [1.54, 1.807) is 6.92 Å². The molecule has 0 aromatic rings. The minimum absolute atomic E-state index is 0.0388. The fourth-order valence-corrected chi connectivity index (χ4v) is 1.98. The van der Waals surface area contributed by atoms with Gasteiger partial charge in [0, 0.05) is 19.7 Å². The molecule has 1 heterocycles. The van der Waals surface area contributed by atoms with Crippen LogP contribution < -0.4 is 5.32 Å². The first-order valence-electron chi connectivity index (χ1n) is 6.57. The SMILES string of the molecule is CC(NCCCOCC(F)(F)F)C(=O)N1CCCC1. The van der Waals surface area contributed by atoms with Crippen LogP contribution in [0.2, 0.25) is 0 Å². The van der Waals surface area contributed by atoms with Gasteiger partial charge in [-0.25, -0.2) is 0 Å². The van der Waals surface area contributed by atoms with Crippen LogP contribution in [0.4, 0.5) is 13.2 Å². The molecule has 1 amide bonds. The van der Waals surface area contributed by atoms with E-state index in [2.05, 4.69) is 10.1 Å². The summed E-state index contributed by atoms with van der Waals surface area (Å²) in [4.78, 5) is 13.7. The lowest BCUT2D eigenvalue weighted by molar-refractivity contribution is -0.173. The lowest BCUT2D eigenvalue weighted by Crippen LogP contribution is -2.44. The average Bonchev–Trinajstić information content (AvgIpc) is 2.84. The Labute approximate surface area is 111 Å². The first-order valence-corrected chi connectivity index (χ1v) is 6.57. The summed E-state index contributed by atoms with van der Waals surface area (Å²) in [6.07, 6.45) is -1.73. The van der Waals surface area contributed by atoms with E-state index < -0.39 is 12.8 Å². The maximum Gasteiger partial charge on any atom is 0.411 e. The summed E-state index contributed by atoms with van der Waals surface area (Å²) in [5.41, 5.74) is 0. The molecular formula is C12H21F3N2O2. The van der Waals surface area contributed by atoms with E-state index in [0.717, 1.165) is 25.9 Å². The Kier molecular flexibility index (Phi) is 6.57. The summed E-state index contributed by atoms with van der Waals surface area (Å²) in [6, 6.07) is -0.291. The molecule has 0 aromatic heterocycles. The van der Waals surface area contributed by atoms with Gasteiger partial charge in [-0.2, -0.15) is 13.2 Å². The highest BCUT2D eigenvalue weighted by molar-refractivity contribution is 5.81. The Balaban J connectivity index is 2.03. The van der Waals surface area contributed by atoms with Crippen molar-refractivity contribution in [1.29, 1.82) is 0 Å². The Morgan fingerprint density at radius 3 is 2.58 bits per heavy atom. The molecule has 1 aliphatic rings. The number of hydrogen-bond acceptors (Lipinski definition) is 3. The number of carbonyl (C=O) groups excluding carboxylic acids is 1. The summed E-state index contributed by atoms with van der Waals surface area (Å²) in [5, 5.41) is 3.00. The maximum absolute atomic E-state index is 11.9. The molecule has 1 atom stereocenters. The summed E-state index contributed by atoms with van der Waals surface area (Å²) >= 11 is 0. The zero-order chi connectivity index (χ0) is 14.3. The number of nitrogens with zero attached hydrogens (tertiary/aromatic N) is 1. The van der Waals surface area contributed by atoms with Crippen LogP contribution in [0, 0.1) is 0 Å². The molecule has 1 unspecified atom stereocenters. The van der Waals surface area contributed by atoms with E-state index in [4.69, 9.17) is 0 Å². The van der Waals surface area contributed by atoms with Gasteiger partial charge >= 0.3 is 6.18 Å². The minimum Gasteiger partial charge on any atom is -0.372 e. The molecule has 19 heavy (non-hydrogen) atoms. The molecular weight excluding hydrogens is 261 g/mol. The lowest BCUT2D eigenvalue weighted by atomic mass is 10.3. The monoisotopic (exact) mass is 282 g/mol. The largest absolute Gasteiger partial charge is 0.411 e. The summed E-state index contributed by atoms with van der Waals surface area (Å²) in [7, 11) is 0. The van der Waals surface area contributed by atoms with Crippen LogP contribution in [0.15, 0.2) is 0 Å². The van der Waals surface area contributed by atoms with Crippen molar-refractivity contribution in [3.8, 4) is 0 Å². The summed E-state index contributed by atoms with van der Waals surface area (Å²) in [6.45, 7) is 2.68. The smallest absolute Gasteiger partial charge is 0.372 e. The highest BCUT2D eigenvalue weighted by atomic mass is 19.4. The van der Waals surface area contributed by atoms with Gasteiger partial charge in [0.05, 0.1) is 6.04 Å². The van der Waals surface area contributed by atoms with Gasteiger partial charge in [-0.3, -0.25) is 4.79 Å². The number of carbonyl (C=O) groups is 1. The molecule has 0 saturated carbocycles. The van der Waals surface area contributed by atoms with Gasteiger partial charge in [0.25, 0.3) is 0 Å². The topological polar surface area (TPSA) is 41.6 Å². The molecule has 1 saturated heterocycles. The molecule has 1 rings (SSSR count). The molecule has 0 aliphatic carbocycles. The van der Waals surface area contributed by atoms with Crippen LogP contribution in [0.1, 0.15) is 26.2 Å². The van der Waals surface area contributed by atoms with Crippen molar-refractivity contribution in [3.05, 3.63) is 0 Å². The van der Waals surface area contributed by atoms with E-state index in [-0.39, 0.29) is 18.6 Å². The Morgan fingerprint density at radius 1 is 1.37 bits per heavy atom. The molecule has 1 aliphatic heterocycles. The normalized spacial score (nSPS) is 17.8. The van der Waals surface area contributed by atoms with Crippen LogP contribution in [-0.2, 0) is 9.53 Å². The van der Waals surface area contributed by atoms with Gasteiger partial charge in [0.2, 0.25) is 5.91 Å². The fourth-order valence-electron chi connectivity index (χ4n) is 1.98. The molecule has 0 spiro atoms. The second-order valence-electron chi connectivity index (χ2n) is 4.73. The number of hydrogen-bond donors (Lipinski definition) is 1. The third kappa shape index (κ3) is 6.77. The molecule has 1 fully saturated rings. The van der Waals surface area contributed by atoms with E-state index in [0.29, 0.717) is 13.0 Å². The molecule has 0 radical (unpaired) electrons. The molecule has 1 N–H and O–H groups in total. The quantitative estimate of drug-likeness (QED) is 0.720. The van der Waals surface area contributed by atoms with Crippen molar-refractivity contribution in [2.75, 3.05) is 32.8 Å². The van der Waals surface area contributed by atoms with Gasteiger partial charge in [-0.15, -0.1) is 0 Å². The number of rotatable bonds is 7. The van der Waals surface area contributed by atoms with E-state index in [1.165, 1.54) is 0 Å². The van der Waals surface area contributed by atoms with Crippen molar-refractivity contribution in [2.45, 2.75) is 38.4 Å². The van der Waals surface area contributed by atoms with Gasteiger partial charge in [0.15, 0.2) is 0 Å². The van der Waals surface area contributed by atoms with E-state index >= 15 is 0 Å². The van der Waals surface area contributed by atoms with Gasteiger partial charge in [-0.05, 0) is 32.7 Å². The predicted molar refractivity (Wildman–Crippen MR) is 64.8 cm³/mol. The molecule has 0 aromatic carbocycles. The lowest BCUT2D eigenvalue weighted by Gasteiger charge is -2.21. The third-order valence-corrected chi connectivity index (χ3v) is 2.97. The van der Waals surface area contributed by atoms with E-state index in [9.17, 15) is 18.0 Å². The van der Waals surface area contributed by atoms with Crippen LogP contribution >= 0.6 is 0 Å². The van der Waals surface area contributed by atoms with Crippen molar-refractivity contribution >= 4 is 5.91 Å². The fraction of sp³-hybridized carbons (Fsp3) is 0.917. The van der Waals surface area contributed by atoms with Crippen molar-refractivity contribution in [1.82, 2.24) is 10.2 Å². The Morgan fingerprint density at radius 2 is 2.00 bits per heavy atom. The van der Waals surface area contributed by atoms with Crippen molar-refractivity contribution in [3.63, 3.8) is 0 Å². The van der Waals surface area contributed by atoms with Crippen LogP contribution in [-0.4, -0.2) is 55.9 Å². The van der Waals surface area contributed by atoms with Gasteiger partial charge in [0.1, 0.15) is 6.61 Å². The number of likely N-dealkylation sites (tertiary alicyclic amines) is 1. The zero-order valence-corrected chi connectivity index (χ0v) is 11.1. The number of ether oxygens (including phenoxy) is 1. The maximum atomic E-state index is 11.9. The number of halogens is 3. The second-order valence-corrected chi connectivity index (χ2v) is 4.73. The minimum atomic E-state index is -4.27. The molecule has 7 heteroatoms. The molecule has 112 valence electrons. The Bertz CT molecular complexity index is 279. The van der Waals surface area contributed by atoms with Gasteiger partial charge in [-0.1, -0.05) is 0 Å². The van der Waals surface area contributed by atoms with Gasteiger partial charge < -0.3 is 15.0 Å². The predicted octanol–water partition coefficient (Wildman–Crippen LogP) is 1.56. The van der Waals surface area contributed by atoms with Crippen molar-refractivity contribution < 1.29 is 22.7 Å². The number of alkyl halides is 3. The molecule has 0 bridgehead atoms. The van der Waals surface area contributed by atoms with Crippen molar-refractivity contribution in [2.24, 2.45) is 0 Å². The number of nitrogens with one attached hydrogen (secondary N) is 1. The third-order valence-electron chi connectivity index (χ3n) is 2.97.